The van der Waals surface area contributed by atoms with E-state index in [1.165, 1.54) is 4.90 Å². The molecule has 146 valence electrons. The normalized spacial score (nSPS) is 15.3. The second kappa shape index (κ2) is 7.26. The minimum Gasteiger partial charge on any atom is -0.368 e. The summed E-state index contributed by atoms with van der Waals surface area (Å²) in [4.78, 5) is 27.9. The van der Waals surface area contributed by atoms with Crippen LogP contribution in [-0.2, 0) is 24.6 Å². The lowest BCUT2D eigenvalue weighted by atomic mass is 10.2. The number of piperazine rings is 1. The number of carbonyl (C=O) groups excluding carboxylic acids is 1. The van der Waals surface area contributed by atoms with Crippen LogP contribution in [0.25, 0.3) is 0 Å². The van der Waals surface area contributed by atoms with Crippen molar-refractivity contribution in [3.63, 3.8) is 0 Å². The number of carbonyl (C=O) groups is 1. The van der Waals surface area contributed by atoms with Gasteiger partial charge in [-0.25, -0.2) is 9.48 Å². The second-order valence-corrected chi connectivity index (χ2v) is 6.60. The van der Waals surface area contributed by atoms with E-state index >= 15 is 0 Å². The quantitative estimate of drug-likeness (QED) is 0.781. The lowest BCUT2D eigenvalue weighted by molar-refractivity contribution is -0.147. The first-order valence-corrected chi connectivity index (χ1v) is 8.54. The average Bonchev–Trinajstić information content (AvgIpc) is 2.91. The van der Waals surface area contributed by atoms with E-state index in [0.717, 1.165) is 12.7 Å². The van der Waals surface area contributed by atoms with Crippen molar-refractivity contribution in [1.29, 1.82) is 0 Å². The third kappa shape index (κ3) is 4.10. The zero-order valence-corrected chi connectivity index (χ0v) is 15.2. The molecule has 0 atom stereocenters. The number of alkyl halides is 3. The van der Waals surface area contributed by atoms with Crippen LogP contribution in [0.3, 0.4) is 0 Å². The predicted octanol–water partition coefficient (Wildman–Crippen LogP) is 1.60. The van der Waals surface area contributed by atoms with Crippen molar-refractivity contribution in [3.05, 3.63) is 45.6 Å². The molecule has 27 heavy (non-hydrogen) atoms. The molecule has 2 heterocycles. The van der Waals surface area contributed by atoms with E-state index in [0.29, 0.717) is 40.5 Å². The van der Waals surface area contributed by atoms with Gasteiger partial charge in [0.2, 0.25) is 11.7 Å². The van der Waals surface area contributed by atoms with Gasteiger partial charge in [-0.3, -0.25) is 9.36 Å². The van der Waals surface area contributed by atoms with Gasteiger partial charge >= 0.3 is 11.9 Å². The van der Waals surface area contributed by atoms with Crippen LogP contribution in [0.2, 0.25) is 5.02 Å². The monoisotopic (exact) mass is 403 g/mol. The Hall–Kier alpha value is -2.49. The van der Waals surface area contributed by atoms with Gasteiger partial charge in [-0.2, -0.15) is 13.2 Å². The van der Waals surface area contributed by atoms with Crippen molar-refractivity contribution in [3.8, 4) is 0 Å². The molecule has 1 aromatic heterocycles. The summed E-state index contributed by atoms with van der Waals surface area (Å²) in [6.07, 6.45) is -4.76. The number of benzene rings is 1. The van der Waals surface area contributed by atoms with Crippen LogP contribution in [0.5, 0.6) is 0 Å². The maximum absolute atomic E-state index is 12.8. The number of nitrogens with zero attached hydrogens (tertiary/aromatic N) is 5. The van der Waals surface area contributed by atoms with Crippen molar-refractivity contribution < 1.29 is 18.0 Å². The lowest BCUT2D eigenvalue weighted by Crippen LogP contribution is -2.50. The van der Waals surface area contributed by atoms with Crippen LogP contribution < -0.4 is 10.6 Å². The van der Waals surface area contributed by atoms with E-state index in [2.05, 4.69) is 10.00 Å². The first-order chi connectivity index (χ1) is 12.7. The van der Waals surface area contributed by atoms with Crippen molar-refractivity contribution in [1.82, 2.24) is 19.2 Å². The summed E-state index contributed by atoms with van der Waals surface area (Å²) in [5.74, 6) is -1.77. The van der Waals surface area contributed by atoms with Gasteiger partial charge in [-0.05, 0) is 24.3 Å². The van der Waals surface area contributed by atoms with Crippen LogP contribution in [-0.4, -0.2) is 51.3 Å². The number of rotatable bonds is 3. The summed E-state index contributed by atoms with van der Waals surface area (Å²) in [6.45, 7) is 1.41. The Labute approximate surface area is 157 Å². The molecule has 1 fully saturated rings. The minimum absolute atomic E-state index is 0.395. The van der Waals surface area contributed by atoms with E-state index in [4.69, 9.17) is 11.6 Å². The Kier molecular flexibility index (Phi) is 5.18. The Morgan fingerprint density at radius 2 is 1.74 bits per heavy atom. The van der Waals surface area contributed by atoms with Gasteiger partial charge in [-0.15, -0.1) is 5.10 Å². The summed E-state index contributed by atoms with van der Waals surface area (Å²) >= 11 is 5.87. The molecule has 3 rings (SSSR count). The molecule has 2 aromatic rings. The molecule has 11 heteroatoms. The van der Waals surface area contributed by atoms with Gasteiger partial charge < -0.3 is 9.80 Å². The summed E-state index contributed by atoms with van der Waals surface area (Å²) in [6, 6.07) is 7.32. The van der Waals surface area contributed by atoms with E-state index < -0.39 is 30.1 Å². The van der Waals surface area contributed by atoms with Gasteiger partial charge in [0.1, 0.15) is 6.54 Å². The molecule has 1 aromatic carbocycles. The Balaban J connectivity index is 1.63. The van der Waals surface area contributed by atoms with E-state index in [1.54, 1.807) is 12.1 Å². The summed E-state index contributed by atoms with van der Waals surface area (Å²) in [7, 11) is 0.976. The molecule has 7 nitrogen and oxygen atoms in total. The minimum atomic E-state index is -4.76. The number of halogens is 4. The molecule has 0 N–H and O–H groups in total. The van der Waals surface area contributed by atoms with Gasteiger partial charge in [0.15, 0.2) is 0 Å². The number of hydrogen-bond acceptors (Lipinski definition) is 4. The predicted molar refractivity (Wildman–Crippen MR) is 92.7 cm³/mol. The van der Waals surface area contributed by atoms with Crippen molar-refractivity contribution in [2.45, 2.75) is 12.7 Å². The molecule has 0 radical (unpaired) electrons. The highest BCUT2D eigenvalue weighted by molar-refractivity contribution is 6.30. The zero-order valence-electron chi connectivity index (χ0n) is 14.4. The first kappa shape index (κ1) is 19.3. The largest absolute Gasteiger partial charge is 0.451 e. The molecule has 1 aliphatic rings. The van der Waals surface area contributed by atoms with Gasteiger partial charge in [0.25, 0.3) is 0 Å². The van der Waals surface area contributed by atoms with E-state index in [1.807, 2.05) is 12.1 Å². The van der Waals surface area contributed by atoms with Crippen LogP contribution in [0, 0.1) is 0 Å². The maximum atomic E-state index is 12.8. The van der Waals surface area contributed by atoms with Crippen molar-refractivity contribution in [2.24, 2.45) is 7.05 Å². The van der Waals surface area contributed by atoms with Crippen LogP contribution in [0.15, 0.2) is 29.1 Å². The van der Waals surface area contributed by atoms with Crippen molar-refractivity contribution >= 4 is 23.2 Å². The smallest absolute Gasteiger partial charge is 0.368 e. The summed E-state index contributed by atoms with van der Waals surface area (Å²) in [5, 5.41) is 3.89. The third-order valence-corrected chi connectivity index (χ3v) is 4.66. The van der Waals surface area contributed by atoms with Gasteiger partial charge in [-0.1, -0.05) is 11.6 Å². The highest BCUT2D eigenvalue weighted by Gasteiger charge is 2.38. The first-order valence-electron chi connectivity index (χ1n) is 8.16. The van der Waals surface area contributed by atoms with Crippen LogP contribution >= 0.6 is 11.6 Å². The number of amides is 1. The highest BCUT2D eigenvalue weighted by Crippen LogP contribution is 2.26. The molecular formula is C16H17ClF3N5O2. The molecule has 0 saturated carbocycles. The topological polar surface area (TPSA) is 63.4 Å². The maximum Gasteiger partial charge on any atom is 0.451 e. The third-order valence-electron chi connectivity index (χ3n) is 4.40. The molecule has 1 amide bonds. The Morgan fingerprint density at radius 3 is 2.26 bits per heavy atom. The molecule has 1 saturated heterocycles. The van der Waals surface area contributed by atoms with E-state index in [-0.39, 0.29) is 0 Å². The fourth-order valence-corrected chi connectivity index (χ4v) is 3.06. The van der Waals surface area contributed by atoms with E-state index in [9.17, 15) is 22.8 Å². The molecule has 0 unspecified atom stereocenters. The molecule has 1 aliphatic heterocycles. The fraction of sp³-hybridized carbons (Fsp3) is 0.438. The van der Waals surface area contributed by atoms with Crippen LogP contribution in [0.4, 0.5) is 18.9 Å². The number of aromatic nitrogens is 3. The van der Waals surface area contributed by atoms with Gasteiger partial charge in [0.05, 0.1) is 0 Å². The summed E-state index contributed by atoms with van der Waals surface area (Å²) in [5.41, 5.74) is -0.00209. The molecule has 0 aliphatic carbocycles. The molecule has 0 bridgehead atoms. The molecule has 0 spiro atoms. The standard InChI is InChI=1S/C16H17ClF3N5O2/c1-22-14(16(18,19)20)21-25(15(22)27)10-13(26)24-8-6-23(7-9-24)12-4-2-11(17)3-5-12/h2-5H,6-10H2,1H3. The highest BCUT2D eigenvalue weighted by atomic mass is 35.5. The second-order valence-electron chi connectivity index (χ2n) is 6.16. The van der Waals surface area contributed by atoms with Crippen LogP contribution in [0.1, 0.15) is 5.82 Å². The van der Waals surface area contributed by atoms with Crippen molar-refractivity contribution in [2.75, 3.05) is 31.1 Å². The van der Waals surface area contributed by atoms with Gasteiger partial charge in [0, 0.05) is 43.9 Å². The summed E-state index contributed by atoms with van der Waals surface area (Å²) < 4.78 is 39.4. The Morgan fingerprint density at radius 1 is 1.15 bits per heavy atom. The zero-order chi connectivity index (χ0) is 19.8. The SMILES string of the molecule is Cn1c(C(F)(F)F)nn(CC(=O)N2CCN(c3ccc(Cl)cc3)CC2)c1=O. The Bertz CT molecular complexity index is 883. The number of anilines is 1. The molecular weight excluding hydrogens is 387 g/mol. The fourth-order valence-electron chi connectivity index (χ4n) is 2.93. The lowest BCUT2D eigenvalue weighted by Gasteiger charge is -2.36. The number of hydrogen-bond donors (Lipinski definition) is 0. The average molecular weight is 404 g/mol.